The Morgan fingerprint density at radius 2 is 2.00 bits per heavy atom. The molecule has 27 heavy (non-hydrogen) atoms. The maximum atomic E-state index is 12.7. The monoisotopic (exact) mass is 368 g/mol. The van der Waals surface area contributed by atoms with Crippen molar-refractivity contribution in [3.8, 4) is 17.1 Å². The van der Waals surface area contributed by atoms with Gasteiger partial charge in [0.05, 0.1) is 24.4 Å². The van der Waals surface area contributed by atoms with E-state index in [1.165, 1.54) is 6.39 Å². The molecule has 1 saturated heterocycles. The average molecular weight is 368 g/mol. The second-order valence-electron chi connectivity index (χ2n) is 6.48. The van der Waals surface area contributed by atoms with Gasteiger partial charge in [0.1, 0.15) is 11.6 Å². The van der Waals surface area contributed by atoms with E-state index in [1.807, 2.05) is 4.90 Å². The number of piperazine rings is 1. The summed E-state index contributed by atoms with van der Waals surface area (Å²) in [4.78, 5) is 35.4. The van der Waals surface area contributed by atoms with Crippen molar-refractivity contribution in [2.45, 2.75) is 6.92 Å². The molecule has 1 fully saturated rings. The molecule has 8 heteroatoms. The molecular formula is C19H20N4O4. The van der Waals surface area contributed by atoms with Crippen molar-refractivity contribution in [3.63, 3.8) is 0 Å². The van der Waals surface area contributed by atoms with Crippen molar-refractivity contribution in [1.29, 1.82) is 0 Å². The summed E-state index contributed by atoms with van der Waals surface area (Å²) < 4.78 is 10.8. The number of aromatic amines is 1. The van der Waals surface area contributed by atoms with Crippen LogP contribution in [0.5, 0.6) is 5.75 Å². The molecular weight excluding hydrogens is 348 g/mol. The fourth-order valence-corrected chi connectivity index (χ4v) is 3.41. The van der Waals surface area contributed by atoms with E-state index in [1.54, 1.807) is 38.4 Å². The largest absolute Gasteiger partial charge is 0.496 e. The Labute approximate surface area is 155 Å². The summed E-state index contributed by atoms with van der Waals surface area (Å²) >= 11 is 0. The van der Waals surface area contributed by atoms with Gasteiger partial charge in [-0.3, -0.25) is 9.59 Å². The Hall–Kier alpha value is -3.29. The Balaban J connectivity index is 1.73. The third-order valence-corrected chi connectivity index (χ3v) is 4.90. The van der Waals surface area contributed by atoms with Crippen LogP contribution >= 0.6 is 0 Å². The van der Waals surface area contributed by atoms with Gasteiger partial charge in [-0.05, 0) is 6.07 Å². The van der Waals surface area contributed by atoms with E-state index in [2.05, 4.69) is 14.9 Å². The van der Waals surface area contributed by atoms with E-state index < -0.39 is 0 Å². The number of carbonyl (C=O) groups excluding carboxylic acids is 1. The fraction of sp³-hybridized carbons (Fsp3) is 0.316. The number of hydrogen-bond acceptors (Lipinski definition) is 6. The Morgan fingerprint density at radius 3 is 2.63 bits per heavy atom. The predicted molar refractivity (Wildman–Crippen MR) is 101 cm³/mol. The Morgan fingerprint density at radius 1 is 1.22 bits per heavy atom. The summed E-state index contributed by atoms with van der Waals surface area (Å²) in [5, 5.41) is 0.549. The molecule has 140 valence electrons. The van der Waals surface area contributed by atoms with Gasteiger partial charge in [0.15, 0.2) is 17.6 Å². The van der Waals surface area contributed by atoms with Crippen LogP contribution in [-0.2, 0) is 4.79 Å². The molecule has 3 heterocycles. The number of benzene rings is 1. The molecule has 0 radical (unpaired) electrons. The highest BCUT2D eigenvalue weighted by atomic mass is 16.5. The first-order valence-corrected chi connectivity index (χ1v) is 8.71. The first kappa shape index (κ1) is 17.1. The Kier molecular flexibility index (Phi) is 4.31. The van der Waals surface area contributed by atoms with Crippen LogP contribution in [0.15, 0.2) is 40.0 Å². The van der Waals surface area contributed by atoms with Crippen LogP contribution in [0.1, 0.15) is 6.92 Å². The molecule has 2 aromatic heterocycles. The second kappa shape index (κ2) is 6.79. The number of fused-ring (bicyclic) bond motifs is 1. The van der Waals surface area contributed by atoms with Crippen LogP contribution in [0.4, 0.5) is 5.82 Å². The normalized spacial score (nSPS) is 14.6. The van der Waals surface area contributed by atoms with Crippen molar-refractivity contribution in [3.05, 3.63) is 41.0 Å². The van der Waals surface area contributed by atoms with Gasteiger partial charge in [-0.1, -0.05) is 0 Å². The summed E-state index contributed by atoms with van der Waals surface area (Å²) in [5.41, 5.74) is 1.28. The van der Waals surface area contributed by atoms with E-state index >= 15 is 0 Å². The van der Waals surface area contributed by atoms with Crippen LogP contribution in [0.3, 0.4) is 0 Å². The summed E-state index contributed by atoms with van der Waals surface area (Å²) in [7, 11) is 1.57. The molecule has 4 rings (SSSR count). The molecule has 1 N–H and O–H groups in total. The van der Waals surface area contributed by atoms with E-state index in [0.29, 0.717) is 54.2 Å². The second-order valence-corrected chi connectivity index (χ2v) is 6.48. The van der Waals surface area contributed by atoms with Crippen LogP contribution in [-0.4, -0.2) is 54.1 Å². The number of anilines is 1. The Bertz CT molecular complexity index is 1030. The third-order valence-electron chi connectivity index (χ3n) is 4.90. The van der Waals surface area contributed by atoms with Crippen molar-refractivity contribution in [2.75, 3.05) is 38.2 Å². The van der Waals surface area contributed by atoms with Gasteiger partial charge >= 0.3 is 0 Å². The van der Waals surface area contributed by atoms with E-state index in [0.717, 1.165) is 5.82 Å². The lowest BCUT2D eigenvalue weighted by atomic mass is 10.1. The first-order chi connectivity index (χ1) is 13.1. The summed E-state index contributed by atoms with van der Waals surface area (Å²) in [6.07, 6.45) is 2.92. The van der Waals surface area contributed by atoms with Crippen LogP contribution < -0.4 is 15.1 Å². The van der Waals surface area contributed by atoms with Gasteiger partial charge in [-0.25, -0.2) is 4.98 Å². The molecule has 1 amide bonds. The van der Waals surface area contributed by atoms with Crippen LogP contribution in [0.25, 0.3) is 22.2 Å². The minimum atomic E-state index is -0.0869. The number of pyridine rings is 1. The van der Waals surface area contributed by atoms with Gasteiger partial charge in [0.25, 0.3) is 0 Å². The highest BCUT2D eigenvalue weighted by molar-refractivity contribution is 5.88. The van der Waals surface area contributed by atoms with Gasteiger partial charge in [0, 0.05) is 50.6 Å². The predicted octanol–water partition coefficient (Wildman–Crippen LogP) is 1.86. The summed E-state index contributed by atoms with van der Waals surface area (Å²) in [6.45, 7) is 4.21. The third kappa shape index (κ3) is 3.14. The lowest BCUT2D eigenvalue weighted by Gasteiger charge is -2.35. The number of H-pyrrole nitrogens is 1. The lowest BCUT2D eigenvalue weighted by Crippen LogP contribution is -2.48. The highest BCUT2D eigenvalue weighted by Gasteiger charge is 2.20. The number of methoxy groups -OCH3 is 1. The average Bonchev–Trinajstić information content (AvgIpc) is 3.21. The van der Waals surface area contributed by atoms with Gasteiger partial charge < -0.3 is 23.9 Å². The summed E-state index contributed by atoms with van der Waals surface area (Å²) in [5.74, 6) is 1.95. The number of nitrogens with zero attached hydrogens (tertiary/aromatic N) is 3. The smallest absolute Gasteiger partial charge is 0.219 e. The highest BCUT2D eigenvalue weighted by Crippen LogP contribution is 2.33. The number of rotatable bonds is 3. The lowest BCUT2D eigenvalue weighted by molar-refractivity contribution is -0.129. The van der Waals surface area contributed by atoms with Crippen LogP contribution in [0, 0.1) is 0 Å². The molecule has 1 aromatic carbocycles. The SMILES string of the molecule is COc1cc2[nH]c(N3CCN(C(C)=O)CC3)cc(=O)c2cc1-c1cnco1. The van der Waals surface area contributed by atoms with Gasteiger partial charge in [-0.2, -0.15) is 0 Å². The first-order valence-electron chi connectivity index (χ1n) is 8.71. The number of aromatic nitrogens is 2. The number of hydrogen-bond donors (Lipinski definition) is 1. The number of oxazole rings is 1. The maximum Gasteiger partial charge on any atom is 0.219 e. The minimum Gasteiger partial charge on any atom is -0.496 e. The quantitative estimate of drug-likeness (QED) is 0.759. The zero-order valence-electron chi connectivity index (χ0n) is 15.2. The minimum absolute atomic E-state index is 0.0753. The topological polar surface area (TPSA) is 91.7 Å². The van der Waals surface area contributed by atoms with Gasteiger partial charge in [-0.15, -0.1) is 0 Å². The van der Waals surface area contributed by atoms with E-state index in [4.69, 9.17) is 9.15 Å². The number of ether oxygens (including phenoxy) is 1. The number of carbonyl (C=O) groups is 1. The van der Waals surface area contributed by atoms with E-state index in [-0.39, 0.29) is 11.3 Å². The van der Waals surface area contributed by atoms with Crippen molar-refractivity contribution in [1.82, 2.24) is 14.9 Å². The number of nitrogens with one attached hydrogen (secondary N) is 1. The molecule has 0 atom stereocenters. The maximum absolute atomic E-state index is 12.7. The van der Waals surface area contributed by atoms with Crippen molar-refractivity contribution >= 4 is 22.6 Å². The molecule has 8 nitrogen and oxygen atoms in total. The zero-order valence-corrected chi connectivity index (χ0v) is 15.2. The van der Waals surface area contributed by atoms with E-state index in [9.17, 15) is 9.59 Å². The zero-order chi connectivity index (χ0) is 19.0. The molecule has 0 aliphatic carbocycles. The molecule has 0 saturated carbocycles. The standard InChI is InChI=1S/C19H20N4O4/c1-12(24)22-3-5-23(6-4-22)19-9-16(25)13-7-14(18-10-20-11-27-18)17(26-2)8-15(13)21-19/h7-11H,3-6H2,1-2H3,(H,21,25). The van der Waals surface area contributed by atoms with Crippen molar-refractivity contribution < 1.29 is 13.9 Å². The molecule has 0 unspecified atom stereocenters. The molecule has 3 aromatic rings. The van der Waals surface area contributed by atoms with Crippen LogP contribution in [0.2, 0.25) is 0 Å². The van der Waals surface area contributed by atoms with Crippen molar-refractivity contribution in [2.24, 2.45) is 0 Å². The number of amides is 1. The molecule has 1 aliphatic heterocycles. The van der Waals surface area contributed by atoms with Gasteiger partial charge in [0.2, 0.25) is 5.91 Å². The molecule has 0 spiro atoms. The fourth-order valence-electron chi connectivity index (χ4n) is 3.41. The summed E-state index contributed by atoms with van der Waals surface area (Å²) in [6, 6.07) is 5.15. The molecule has 0 bridgehead atoms. The molecule has 1 aliphatic rings.